The van der Waals surface area contributed by atoms with E-state index in [9.17, 15) is 13.6 Å². The van der Waals surface area contributed by atoms with Crippen molar-refractivity contribution in [3.8, 4) is 0 Å². The summed E-state index contributed by atoms with van der Waals surface area (Å²) in [6, 6.07) is 3.27. The van der Waals surface area contributed by atoms with Gasteiger partial charge in [-0.05, 0) is 37.5 Å². The summed E-state index contributed by atoms with van der Waals surface area (Å²) in [5.74, 6) is -1.38. The van der Waals surface area contributed by atoms with Gasteiger partial charge in [0.1, 0.15) is 0 Å². The number of nitrogens with one attached hydrogen (secondary N) is 1. The van der Waals surface area contributed by atoms with E-state index >= 15 is 0 Å². The molecule has 0 bridgehead atoms. The number of hydrogen-bond donors (Lipinski definition) is 1. The number of hydrogen-bond acceptors (Lipinski definition) is 1. The Kier molecular flexibility index (Phi) is 6.05. The molecule has 0 saturated carbocycles. The Labute approximate surface area is 110 Å². The molecule has 5 heteroatoms. The molecule has 0 aliphatic carbocycles. The highest BCUT2D eigenvalue weighted by Gasteiger charge is 2.11. The van der Waals surface area contributed by atoms with Crippen LogP contribution in [0.4, 0.5) is 8.78 Å². The van der Waals surface area contributed by atoms with E-state index < -0.39 is 11.6 Å². The Morgan fingerprint density at radius 1 is 1.33 bits per heavy atom. The third kappa shape index (κ3) is 4.61. The predicted molar refractivity (Wildman–Crippen MR) is 67.5 cm³/mol. The molecule has 2 nitrogen and oxygen atoms in total. The normalized spacial score (nSPS) is 12.2. The zero-order valence-electron chi connectivity index (χ0n) is 10.2. The molecule has 1 N–H and O–H groups in total. The highest BCUT2D eigenvalue weighted by molar-refractivity contribution is 6.17. The molecule has 1 atom stereocenters. The van der Waals surface area contributed by atoms with E-state index in [0.29, 0.717) is 17.9 Å². The van der Waals surface area contributed by atoms with Crippen molar-refractivity contribution in [1.29, 1.82) is 0 Å². The lowest BCUT2D eigenvalue weighted by atomic mass is 10.1. The highest BCUT2D eigenvalue weighted by atomic mass is 35.5. The van der Waals surface area contributed by atoms with E-state index in [1.54, 1.807) is 6.92 Å². The van der Waals surface area contributed by atoms with Crippen LogP contribution >= 0.6 is 11.6 Å². The van der Waals surface area contributed by atoms with E-state index in [-0.39, 0.29) is 11.9 Å². The first-order valence-electron chi connectivity index (χ1n) is 5.85. The summed E-state index contributed by atoms with van der Waals surface area (Å²) in [6.45, 7) is 1.73. The quantitative estimate of drug-likeness (QED) is 0.624. The van der Waals surface area contributed by atoms with E-state index in [1.807, 2.05) is 0 Å². The number of amides is 1. The van der Waals surface area contributed by atoms with Gasteiger partial charge in [-0.15, -0.1) is 11.6 Å². The van der Waals surface area contributed by atoms with Crippen molar-refractivity contribution in [3.63, 3.8) is 0 Å². The van der Waals surface area contributed by atoms with Crippen LogP contribution in [0.15, 0.2) is 18.2 Å². The van der Waals surface area contributed by atoms with Gasteiger partial charge in [-0.2, -0.15) is 0 Å². The molecular formula is C13H16ClF2NO. The minimum Gasteiger partial charge on any atom is -0.350 e. The standard InChI is InChI=1S/C13H16ClF2NO/c1-9(17-13(18)4-2-3-7-14)10-5-6-11(15)12(16)8-10/h5-6,8-9H,2-4,7H2,1H3,(H,17,18). The SMILES string of the molecule is CC(NC(=O)CCCCCl)c1ccc(F)c(F)c1. The lowest BCUT2D eigenvalue weighted by molar-refractivity contribution is -0.121. The second kappa shape index (κ2) is 7.31. The highest BCUT2D eigenvalue weighted by Crippen LogP contribution is 2.16. The fourth-order valence-electron chi connectivity index (χ4n) is 1.56. The van der Waals surface area contributed by atoms with Gasteiger partial charge in [0.15, 0.2) is 11.6 Å². The molecule has 0 radical (unpaired) electrons. The Morgan fingerprint density at radius 2 is 2.06 bits per heavy atom. The van der Waals surface area contributed by atoms with Crippen LogP contribution in [-0.2, 0) is 4.79 Å². The van der Waals surface area contributed by atoms with Crippen LogP contribution in [0.3, 0.4) is 0 Å². The van der Waals surface area contributed by atoms with E-state index in [4.69, 9.17) is 11.6 Å². The lowest BCUT2D eigenvalue weighted by Gasteiger charge is -2.14. The maximum absolute atomic E-state index is 13.0. The van der Waals surface area contributed by atoms with Crippen LogP contribution < -0.4 is 5.32 Å². The van der Waals surface area contributed by atoms with Gasteiger partial charge in [0.25, 0.3) is 0 Å². The van der Waals surface area contributed by atoms with Crippen molar-refractivity contribution < 1.29 is 13.6 Å². The Bertz CT molecular complexity index is 412. The molecule has 0 spiro atoms. The Balaban J connectivity index is 2.51. The number of benzene rings is 1. The average Bonchev–Trinajstić information content (AvgIpc) is 2.33. The maximum atomic E-state index is 13.0. The Hall–Kier alpha value is -1.16. The molecule has 0 aliphatic rings. The third-order valence-corrected chi connectivity index (χ3v) is 2.88. The van der Waals surface area contributed by atoms with Gasteiger partial charge in [0, 0.05) is 12.3 Å². The molecule has 100 valence electrons. The molecule has 18 heavy (non-hydrogen) atoms. The second-order valence-electron chi connectivity index (χ2n) is 4.11. The van der Waals surface area contributed by atoms with Crippen LogP contribution in [0.5, 0.6) is 0 Å². The summed E-state index contributed by atoms with van der Waals surface area (Å²) in [5.41, 5.74) is 0.541. The smallest absolute Gasteiger partial charge is 0.220 e. The number of carbonyl (C=O) groups excluding carboxylic acids is 1. The van der Waals surface area contributed by atoms with Gasteiger partial charge in [0.05, 0.1) is 6.04 Å². The van der Waals surface area contributed by atoms with Crippen molar-refractivity contribution in [2.24, 2.45) is 0 Å². The van der Waals surface area contributed by atoms with Gasteiger partial charge in [-0.3, -0.25) is 4.79 Å². The minimum absolute atomic E-state index is 0.114. The van der Waals surface area contributed by atoms with Crippen molar-refractivity contribution in [3.05, 3.63) is 35.4 Å². The molecule has 0 fully saturated rings. The van der Waals surface area contributed by atoms with Gasteiger partial charge in [-0.1, -0.05) is 6.07 Å². The van der Waals surface area contributed by atoms with Crippen molar-refractivity contribution in [2.75, 3.05) is 5.88 Å². The zero-order valence-corrected chi connectivity index (χ0v) is 10.9. The van der Waals surface area contributed by atoms with E-state index in [1.165, 1.54) is 6.07 Å². The fourth-order valence-corrected chi connectivity index (χ4v) is 1.75. The molecular weight excluding hydrogens is 260 g/mol. The van der Waals surface area contributed by atoms with Gasteiger partial charge in [-0.25, -0.2) is 8.78 Å². The number of alkyl halides is 1. The van der Waals surface area contributed by atoms with Crippen LogP contribution in [-0.4, -0.2) is 11.8 Å². The topological polar surface area (TPSA) is 29.1 Å². The monoisotopic (exact) mass is 275 g/mol. The van der Waals surface area contributed by atoms with E-state index in [2.05, 4.69) is 5.32 Å². The molecule has 0 aliphatic heterocycles. The van der Waals surface area contributed by atoms with Crippen LogP contribution in [0.2, 0.25) is 0 Å². The Morgan fingerprint density at radius 3 is 2.67 bits per heavy atom. The summed E-state index contributed by atoms with van der Waals surface area (Å²) in [5, 5.41) is 2.73. The number of halogens is 3. The summed E-state index contributed by atoms with van der Waals surface area (Å²) in [4.78, 5) is 11.5. The first-order chi connectivity index (χ1) is 8.54. The largest absolute Gasteiger partial charge is 0.350 e. The maximum Gasteiger partial charge on any atom is 0.220 e. The van der Waals surface area contributed by atoms with Gasteiger partial charge in [0.2, 0.25) is 5.91 Å². The molecule has 1 amide bonds. The number of rotatable bonds is 6. The number of unbranched alkanes of at least 4 members (excludes halogenated alkanes) is 1. The van der Waals surface area contributed by atoms with Gasteiger partial charge >= 0.3 is 0 Å². The predicted octanol–water partition coefficient (Wildman–Crippen LogP) is 3.55. The minimum atomic E-state index is -0.907. The van der Waals surface area contributed by atoms with E-state index in [0.717, 1.165) is 25.0 Å². The first kappa shape index (κ1) is 14.9. The average molecular weight is 276 g/mol. The van der Waals surface area contributed by atoms with Crippen molar-refractivity contribution in [2.45, 2.75) is 32.2 Å². The molecule has 1 rings (SSSR count). The van der Waals surface area contributed by atoms with Gasteiger partial charge < -0.3 is 5.32 Å². The molecule has 1 aromatic rings. The van der Waals surface area contributed by atoms with Crippen LogP contribution in [0.1, 0.15) is 37.8 Å². The number of carbonyl (C=O) groups is 1. The fraction of sp³-hybridized carbons (Fsp3) is 0.462. The molecule has 0 aromatic heterocycles. The third-order valence-electron chi connectivity index (χ3n) is 2.61. The zero-order chi connectivity index (χ0) is 13.5. The summed E-state index contributed by atoms with van der Waals surface area (Å²) in [6.07, 6.45) is 1.90. The van der Waals surface area contributed by atoms with Crippen LogP contribution in [0, 0.1) is 11.6 Å². The lowest BCUT2D eigenvalue weighted by Crippen LogP contribution is -2.26. The van der Waals surface area contributed by atoms with Crippen LogP contribution in [0.25, 0.3) is 0 Å². The molecule has 1 aromatic carbocycles. The molecule has 0 saturated heterocycles. The second-order valence-corrected chi connectivity index (χ2v) is 4.49. The van der Waals surface area contributed by atoms with Crippen molar-refractivity contribution >= 4 is 17.5 Å². The summed E-state index contributed by atoms with van der Waals surface area (Å²) in [7, 11) is 0. The van der Waals surface area contributed by atoms with Crippen molar-refractivity contribution in [1.82, 2.24) is 5.32 Å². The molecule has 1 unspecified atom stereocenters. The molecule has 0 heterocycles. The summed E-state index contributed by atoms with van der Waals surface area (Å²) < 4.78 is 25.8. The first-order valence-corrected chi connectivity index (χ1v) is 6.38. The summed E-state index contributed by atoms with van der Waals surface area (Å²) >= 11 is 5.51.